The highest BCUT2D eigenvalue weighted by Crippen LogP contribution is 2.21. The Balaban J connectivity index is 2.42. The molecule has 0 radical (unpaired) electrons. The highest BCUT2D eigenvalue weighted by Gasteiger charge is 1.98. The number of phenolic OH excluding ortho intramolecular Hbond substituents is 2. The number of phenols is 2. The van der Waals surface area contributed by atoms with Gasteiger partial charge in [0.15, 0.2) is 0 Å². The van der Waals surface area contributed by atoms with Gasteiger partial charge in [0.25, 0.3) is 0 Å². The third kappa shape index (κ3) is 4.01. The fraction of sp³-hybridized carbons (Fsp3) is 0.455. The van der Waals surface area contributed by atoms with Crippen LogP contribution in [0.2, 0.25) is 0 Å². The molecule has 0 aromatic heterocycles. The minimum atomic E-state index is 0.139. The number of aromatic hydroxyl groups is 2. The van der Waals surface area contributed by atoms with E-state index in [1.807, 2.05) is 0 Å². The summed E-state index contributed by atoms with van der Waals surface area (Å²) in [5.41, 5.74) is 0.997. The maximum Gasteiger partial charge on any atom is 0.119 e. The SMILES string of the molecule is Oc1cc(O)cc(CCCCCBr)c1. The molecule has 1 aromatic rings. The van der Waals surface area contributed by atoms with Gasteiger partial charge < -0.3 is 10.2 Å². The number of halogens is 1. The molecule has 1 rings (SSSR count). The van der Waals surface area contributed by atoms with E-state index >= 15 is 0 Å². The van der Waals surface area contributed by atoms with E-state index in [-0.39, 0.29) is 11.5 Å². The molecular weight excluding hydrogens is 244 g/mol. The minimum absolute atomic E-state index is 0.139. The summed E-state index contributed by atoms with van der Waals surface area (Å²) in [6.45, 7) is 0. The average molecular weight is 259 g/mol. The van der Waals surface area contributed by atoms with E-state index in [1.165, 1.54) is 18.9 Å². The lowest BCUT2D eigenvalue weighted by Gasteiger charge is -2.02. The first-order valence-corrected chi connectivity index (χ1v) is 5.92. The van der Waals surface area contributed by atoms with Crippen LogP contribution in [0.15, 0.2) is 18.2 Å². The molecular formula is C11H15BrO2. The standard InChI is InChI=1S/C11H15BrO2/c12-5-3-1-2-4-9-6-10(13)8-11(14)7-9/h6-8,13-14H,1-5H2. The zero-order valence-electron chi connectivity index (χ0n) is 8.04. The smallest absolute Gasteiger partial charge is 0.119 e. The summed E-state index contributed by atoms with van der Waals surface area (Å²) in [4.78, 5) is 0. The van der Waals surface area contributed by atoms with Crippen LogP contribution in [-0.2, 0) is 6.42 Å². The summed E-state index contributed by atoms with van der Waals surface area (Å²) in [5.74, 6) is 0.279. The van der Waals surface area contributed by atoms with Gasteiger partial charge in [-0.3, -0.25) is 0 Å². The lowest BCUT2D eigenvalue weighted by atomic mass is 10.1. The van der Waals surface area contributed by atoms with E-state index in [1.54, 1.807) is 12.1 Å². The van der Waals surface area contributed by atoms with Crippen LogP contribution in [0, 0.1) is 0 Å². The number of benzene rings is 1. The van der Waals surface area contributed by atoms with Crippen molar-refractivity contribution in [1.29, 1.82) is 0 Å². The second-order valence-electron chi connectivity index (χ2n) is 3.36. The molecule has 14 heavy (non-hydrogen) atoms. The second kappa shape index (κ2) is 5.91. The number of aryl methyl sites for hydroxylation is 1. The molecule has 3 heteroatoms. The van der Waals surface area contributed by atoms with E-state index in [0.717, 1.165) is 23.7 Å². The number of hydrogen-bond donors (Lipinski definition) is 2. The number of rotatable bonds is 5. The number of alkyl halides is 1. The van der Waals surface area contributed by atoms with Gasteiger partial charge in [-0.05, 0) is 37.0 Å². The molecule has 0 spiro atoms. The van der Waals surface area contributed by atoms with Gasteiger partial charge >= 0.3 is 0 Å². The molecule has 0 bridgehead atoms. The van der Waals surface area contributed by atoms with Crippen LogP contribution in [0.5, 0.6) is 11.5 Å². The Morgan fingerprint density at radius 2 is 1.57 bits per heavy atom. The van der Waals surface area contributed by atoms with E-state index in [9.17, 15) is 10.2 Å². The quantitative estimate of drug-likeness (QED) is 0.629. The Bertz CT molecular complexity index is 266. The van der Waals surface area contributed by atoms with Gasteiger partial charge in [0.05, 0.1) is 0 Å². The van der Waals surface area contributed by atoms with Crippen molar-refractivity contribution in [1.82, 2.24) is 0 Å². The van der Waals surface area contributed by atoms with Crippen molar-refractivity contribution in [2.45, 2.75) is 25.7 Å². The molecule has 78 valence electrons. The van der Waals surface area contributed by atoms with Crippen LogP contribution < -0.4 is 0 Å². The molecule has 0 aliphatic heterocycles. The summed E-state index contributed by atoms with van der Waals surface area (Å²) in [6, 6.07) is 4.75. The molecule has 0 aliphatic rings. The normalized spacial score (nSPS) is 10.4. The third-order valence-electron chi connectivity index (χ3n) is 2.06. The topological polar surface area (TPSA) is 40.5 Å². The second-order valence-corrected chi connectivity index (χ2v) is 4.15. The Morgan fingerprint density at radius 1 is 0.929 bits per heavy atom. The molecule has 0 saturated heterocycles. The van der Waals surface area contributed by atoms with Crippen molar-refractivity contribution in [3.05, 3.63) is 23.8 Å². The first-order chi connectivity index (χ1) is 6.72. The molecule has 0 heterocycles. The Hall–Kier alpha value is -0.700. The maximum absolute atomic E-state index is 9.23. The lowest BCUT2D eigenvalue weighted by Crippen LogP contribution is -1.86. The molecule has 1 aromatic carbocycles. The van der Waals surface area contributed by atoms with Crippen LogP contribution in [-0.4, -0.2) is 15.5 Å². The molecule has 2 nitrogen and oxygen atoms in total. The van der Waals surface area contributed by atoms with Gasteiger partial charge in [0.1, 0.15) is 11.5 Å². The third-order valence-corrected chi connectivity index (χ3v) is 2.62. The first kappa shape index (κ1) is 11.4. The van der Waals surface area contributed by atoms with Gasteiger partial charge in [-0.25, -0.2) is 0 Å². The maximum atomic E-state index is 9.23. The predicted octanol–water partition coefficient (Wildman–Crippen LogP) is 3.21. The molecule has 0 unspecified atom stereocenters. The monoisotopic (exact) mass is 258 g/mol. The van der Waals surface area contributed by atoms with Crippen molar-refractivity contribution < 1.29 is 10.2 Å². The van der Waals surface area contributed by atoms with E-state index < -0.39 is 0 Å². The number of hydrogen-bond acceptors (Lipinski definition) is 2. The Labute approximate surface area is 92.7 Å². The van der Waals surface area contributed by atoms with Crippen molar-refractivity contribution in [2.75, 3.05) is 5.33 Å². The van der Waals surface area contributed by atoms with Crippen LogP contribution in [0.1, 0.15) is 24.8 Å². The fourth-order valence-electron chi connectivity index (χ4n) is 1.40. The van der Waals surface area contributed by atoms with E-state index in [2.05, 4.69) is 15.9 Å². The van der Waals surface area contributed by atoms with E-state index in [0.29, 0.717) is 0 Å². The highest BCUT2D eigenvalue weighted by molar-refractivity contribution is 9.09. The molecule has 0 atom stereocenters. The number of unbranched alkanes of at least 4 members (excludes halogenated alkanes) is 2. The highest BCUT2D eigenvalue weighted by atomic mass is 79.9. The summed E-state index contributed by atoms with van der Waals surface area (Å²) in [5, 5.41) is 19.5. The Morgan fingerprint density at radius 3 is 2.14 bits per heavy atom. The van der Waals surface area contributed by atoms with Gasteiger partial charge in [0, 0.05) is 11.4 Å². The van der Waals surface area contributed by atoms with Crippen LogP contribution in [0.25, 0.3) is 0 Å². The van der Waals surface area contributed by atoms with Crippen molar-refractivity contribution in [3.63, 3.8) is 0 Å². The first-order valence-electron chi connectivity index (χ1n) is 4.80. The fourth-order valence-corrected chi connectivity index (χ4v) is 1.80. The van der Waals surface area contributed by atoms with Crippen LogP contribution in [0.3, 0.4) is 0 Å². The zero-order chi connectivity index (χ0) is 10.4. The lowest BCUT2D eigenvalue weighted by molar-refractivity contribution is 0.449. The summed E-state index contributed by atoms with van der Waals surface area (Å²) in [6.07, 6.45) is 4.34. The largest absolute Gasteiger partial charge is 0.508 e. The van der Waals surface area contributed by atoms with E-state index in [4.69, 9.17) is 0 Å². The summed E-state index contributed by atoms with van der Waals surface area (Å²) < 4.78 is 0. The molecule has 0 saturated carbocycles. The van der Waals surface area contributed by atoms with Crippen molar-refractivity contribution in [3.8, 4) is 11.5 Å². The summed E-state index contributed by atoms with van der Waals surface area (Å²) in [7, 11) is 0. The molecule has 0 fully saturated rings. The summed E-state index contributed by atoms with van der Waals surface area (Å²) >= 11 is 3.38. The minimum Gasteiger partial charge on any atom is -0.508 e. The molecule has 0 aliphatic carbocycles. The van der Waals surface area contributed by atoms with Gasteiger partial charge in [-0.15, -0.1) is 0 Å². The molecule has 0 amide bonds. The van der Waals surface area contributed by atoms with Gasteiger partial charge in [-0.1, -0.05) is 22.4 Å². The van der Waals surface area contributed by atoms with Crippen molar-refractivity contribution >= 4 is 15.9 Å². The van der Waals surface area contributed by atoms with Crippen molar-refractivity contribution in [2.24, 2.45) is 0 Å². The predicted molar refractivity (Wildman–Crippen MR) is 61.1 cm³/mol. The average Bonchev–Trinajstić information content (AvgIpc) is 2.11. The molecule has 2 N–H and O–H groups in total. The van der Waals surface area contributed by atoms with Crippen LogP contribution >= 0.6 is 15.9 Å². The zero-order valence-corrected chi connectivity index (χ0v) is 9.63. The Kier molecular flexibility index (Phi) is 4.80. The van der Waals surface area contributed by atoms with Gasteiger partial charge in [0.2, 0.25) is 0 Å². The van der Waals surface area contributed by atoms with Gasteiger partial charge in [-0.2, -0.15) is 0 Å². The van der Waals surface area contributed by atoms with Crippen LogP contribution in [0.4, 0.5) is 0 Å².